The van der Waals surface area contributed by atoms with Crippen LogP contribution in [0.25, 0.3) is 0 Å². The smallest absolute Gasteiger partial charge is 0.258 e. The van der Waals surface area contributed by atoms with Gasteiger partial charge in [0.2, 0.25) is 0 Å². The van der Waals surface area contributed by atoms with Crippen molar-refractivity contribution in [2.24, 2.45) is 0 Å². The van der Waals surface area contributed by atoms with Gasteiger partial charge in [-0.25, -0.2) is 4.39 Å². The summed E-state index contributed by atoms with van der Waals surface area (Å²) in [6.07, 6.45) is 0. The van der Waals surface area contributed by atoms with Crippen LogP contribution in [0.3, 0.4) is 0 Å². The fourth-order valence-corrected chi connectivity index (χ4v) is 2.85. The topological polar surface area (TPSA) is 50.8 Å². The second kappa shape index (κ2) is 8.08. The highest BCUT2D eigenvalue weighted by Crippen LogP contribution is 2.25. The van der Waals surface area contributed by atoms with Crippen LogP contribution in [0.5, 0.6) is 5.75 Å². The molecule has 1 fully saturated rings. The normalized spacial score (nSPS) is 16.2. The van der Waals surface area contributed by atoms with E-state index in [1.54, 1.807) is 0 Å². The quantitative estimate of drug-likeness (QED) is 0.811. The van der Waals surface area contributed by atoms with Gasteiger partial charge in [-0.05, 0) is 48.0 Å². The number of nitrogens with zero attached hydrogens (tertiary/aromatic N) is 1. The Bertz CT molecular complexity index is 548. The predicted molar refractivity (Wildman–Crippen MR) is 89.1 cm³/mol. The number of ether oxygens (including phenoxy) is 2. The number of amides is 1. The minimum atomic E-state index is -0.360. The van der Waals surface area contributed by atoms with E-state index in [9.17, 15) is 9.18 Å². The first-order valence-corrected chi connectivity index (χ1v) is 8.35. The average Bonchev–Trinajstić information content (AvgIpc) is 2.53. The monoisotopic (exact) mass is 388 g/mol. The Hall–Kier alpha value is -1.18. The summed E-state index contributed by atoms with van der Waals surface area (Å²) in [5.41, 5.74) is -0.143. The summed E-state index contributed by atoms with van der Waals surface area (Å²) in [5, 5.41) is 2.89. The van der Waals surface area contributed by atoms with E-state index < -0.39 is 0 Å². The second-order valence-electron chi connectivity index (χ2n) is 6.05. The number of halogens is 2. The molecule has 0 saturated carbocycles. The number of morpholine rings is 1. The molecule has 1 aliphatic heterocycles. The lowest BCUT2D eigenvalue weighted by atomic mass is 10.0. The number of rotatable bonds is 6. The lowest BCUT2D eigenvalue weighted by Gasteiger charge is -2.40. The summed E-state index contributed by atoms with van der Waals surface area (Å²) < 4.78 is 24.2. The molecule has 0 aliphatic carbocycles. The predicted octanol–water partition coefficient (Wildman–Crippen LogP) is 2.19. The van der Waals surface area contributed by atoms with Crippen molar-refractivity contribution >= 4 is 21.8 Å². The Morgan fingerprint density at radius 2 is 2.13 bits per heavy atom. The third-order valence-electron chi connectivity index (χ3n) is 3.84. The molecule has 0 aromatic heterocycles. The molecule has 23 heavy (non-hydrogen) atoms. The van der Waals surface area contributed by atoms with E-state index in [0.717, 1.165) is 26.3 Å². The third-order valence-corrected chi connectivity index (χ3v) is 4.46. The molecule has 128 valence electrons. The van der Waals surface area contributed by atoms with Crippen LogP contribution in [0.4, 0.5) is 4.39 Å². The highest BCUT2D eigenvalue weighted by atomic mass is 79.9. The van der Waals surface area contributed by atoms with Gasteiger partial charge in [-0.15, -0.1) is 0 Å². The highest BCUT2D eigenvalue weighted by Gasteiger charge is 2.28. The number of benzene rings is 1. The molecule has 0 unspecified atom stereocenters. The van der Waals surface area contributed by atoms with Crippen molar-refractivity contribution in [2.45, 2.75) is 19.4 Å². The Morgan fingerprint density at radius 1 is 1.43 bits per heavy atom. The highest BCUT2D eigenvalue weighted by molar-refractivity contribution is 9.10. The van der Waals surface area contributed by atoms with Gasteiger partial charge in [-0.1, -0.05) is 0 Å². The van der Waals surface area contributed by atoms with Crippen LogP contribution in [0.1, 0.15) is 13.8 Å². The molecular formula is C16H22BrFN2O3. The molecular weight excluding hydrogens is 367 g/mol. The summed E-state index contributed by atoms with van der Waals surface area (Å²) in [5.74, 6) is -0.127. The lowest BCUT2D eigenvalue weighted by Crippen LogP contribution is -2.55. The number of hydrogen-bond acceptors (Lipinski definition) is 4. The van der Waals surface area contributed by atoms with E-state index in [2.05, 4.69) is 40.0 Å². The minimum absolute atomic E-state index is 0.108. The fourth-order valence-electron chi connectivity index (χ4n) is 2.38. The van der Waals surface area contributed by atoms with Gasteiger partial charge in [0.1, 0.15) is 11.6 Å². The van der Waals surface area contributed by atoms with E-state index in [-0.39, 0.29) is 23.9 Å². The number of carbonyl (C=O) groups excluding carboxylic acids is 1. The van der Waals surface area contributed by atoms with Crippen molar-refractivity contribution in [3.63, 3.8) is 0 Å². The van der Waals surface area contributed by atoms with Gasteiger partial charge in [-0.3, -0.25) is 9.69 Å². The molecule has 1 saturated heterocycles. The zero-order valence-corrected chi connectivity index (χ0v) is 15.0. The van der Waals surface area contributed by atoms with E-state index in [1.165, 1.54) is 18.2 Å². The van der Waals surface area contributed by atoms with Crippen molar-refractivity contribution in [3.05, 3.63) is 28.5 Å². The third kappa shape index (κ3) is 5.44. The summed E-state index contributed by atoms with van der Waals surface area (Å²) in [4.78, 5) is 14.3. The van der Waals surface area contributed by atoms with Crippen molar-refractivity contribution in [2.75, 3.05) is 39.5 Å². The molecule has 1 aromatic carbocycles. The average molecular weight is 389 g/mol. The Kier molecular flexibility index (Phi) is 6.38. The summed E-state index contributed by atoms with van der Waals surface area (Å²) in [7, 11) is 0. The molecule has 1 aromatic rings. The van der Waals surface area contributed by atoms with Gasteiger partial charge in [0.15, 0.2) is 6.61 Å². The van der Waals surface area contributed by atoms with Gasteiger partial charge in [0, 0.05) is 25.2 Å². The zero-order chi connectivity index (χ0) is 16.9. The molecule has 7 heteroatoms. The van der Waals surface area contributed by atoms with Crippen LogP contribution in [-0.2, 0) is 9.53 Å². The molecule has 1 N–H and O–H groups in total. The summed E-state index contributed by atoms with van der Waals surface area (Å²) >= 11 is 3.20. The number of hydrogen-bond donors (Lipinski definition) is 1. The SMILES string of the molecule is CC(C)(CNC(=O)COc1ccc(F)cc1Br)N1CCOCC1. The van der Waals surface area contributed by atoms with E-state index in [4.69, 9.17) is 9.47 Å². The molecule has 0 radical (unpaired) electrons. The van der Waals surface area contributed by atoms with E-state index >= 15 is 0 Å². The molecule has 1 aliphatic rings. The van der Waals surface area contributed by atoms with Crippen molar-refractivity contribution < 1.29 is 18.7 Å². The van der Waals surface area contributed by atoms with Crippen LogP contribution >= 0.6 is 15.9 Å². The van der Waals surface area contributed by atoms with Crippen LogP contribution in [-0.4, -0.2) is 55.8 Å². The Morgan fingerprint density at radius 3 is 2.78 bits per heavy atom. The van der Waals surface area contributed by atoms with E-state index in [1.807, 2.05) is 0 Å². The second-order valence-corrected chi connectivity index (χ2v) is 6.91. The van der Waals surface area contributed by atoms with Gasteiger partial charge >= 0.3 is 0 Å². The van der Waals surface area contributed by atoms with Crippen molar-refractivity contribution in [1.82, 2.24) is 10.2 Å². The maximum atomic E-state index is 13.0. The largest absolute Gasteiger partial charge is 0.483 e. The molecule has 1 amide bonds. The van der Waals surface area contributed by atoms with Gasteiger partial charge in [0.25, 0.3) is 5.91 Å². The molecule has 1 heterocycles. The van der Waals surface area contributed by atoms with Crippen LogP contribution < -0.4 is 10.1 Å². The summed E-state index contributed by atoms with van der Waals surface area (Å²) in [6.45, 7) is 7.77. The van der Waals surface area contributed by atoms with Gasteiger partial charge in [0.05, 0.1) is 17.7 Å². The molecule has 5 nitrogen and oxygen atoms in total. The van der Waals surface area contributed by atoms with Gasteiger partial charge < -0.3 is 14.8 Å². The number of nitrogens with one attached hydrogen (secondary N) is 1. The Labute approximate surface area is 144 Å². The lowest BCUT2D eigenvalue weighted by molar-refractivity contribution is -0.123. The maximum Gasteiger partial charge on any atom is 0.258 e. The molecule has 0 bridgehead atoms. The number of carbonyl (C=O) groups is 1. The molecule has 0 atom stereocenters. The van der Waals surface area contributed by atoms with Crippen LogP contribution in [0.15, 0.2) is 22.7 Å². The summed E-state index contributed by atoms with van der Waals surface area (Å²) in [6, 6.07) is 4.08. The standard InChI is InChI=1S/C16H22BrFN2O3/c1-16(2,20-5-7-22-8-6-20)11-19-15(21)10-23-14-4-3-12(18)9-13(14)17/h3-4,9H,5-8,10-11H2,1-2H3,(H,19,21). The molecule has 2 rings (SSSR count). The first-order valence-electron chi connectivity index (χ1n) is 7.56. The van der Waals surface area contributed by atoms with Crippen molar-refractivity contribution in [1.29, 1.82) is 0 Å². The zero-order valence-electron chi connectivity index (χ0n) is 13.4. The molecule has 0 spiro atoms. The maximum absolute atomic E-state index is 13.0. The first-order chi connectivity index (χ1) is 10.9. The fraction of sp³-hybridized carbons (Fsp3) is 0.562. The minimum Gasteiger partial charge on any atom is -0.483 e. The van der Waals surface area contributed by atoms with Crippen molar-refractivity contribution in [3.8, 4) is 5.75 Å². The van der Waals surface area contributed by atoms with Gasteiger partial charge in [-0.2, -0.15) is 0 Å². The Balaban J connectivity index is 1.78. The van der Waals surface area contributed by atoms with E-state index in [0.29, 0.717) is 16.8 Å². The van der Waals surface area contributed by atoms with Crippen LogP contribution in [0, 0.1) is 5.82 Å². The first kappa shape index (κ1) is 18.2. The van der Waals surface area contributed by atoms with Crippen LogP contribution in [0.2, 0.25) is 0 Å².